The summed E-state index contributed by atoms with van der Waals surface area (Å²) >= 11 is 0. The van der Waals surface area contributed by atoms with Crippen LogP contribution in [0.3, 0.4) is 0 Å². The highest BCUT2D eigenvalue weighted by Crippen LogP contribution is 2.38. The summed E-state index contributed by atoms with van der Waals surface area (Å²) in [5.74, 6) is 0.773. The van der Waals surface area contributed by atoms with Gasteiger partial charge >= 0.3 is 0 Å². The molecule has 2 heterocycles. The predicted molar refractivity (Wildman–Crippen MR) is 129 cm³/mol. The molecule has 32 heavy (non-hydrogen) atoms. The lowest BCUT2D eigenvalue weighted by atomic mass is 10.0. The third kappa shape index (κ3) is 3.28. The van der Waals surface area contributed by atoms with Crippen LogP contribution in [0.5, 0.6) is 0 Å². The summed E-state index contributed by atoms with van der Waals surface area (Å²) in [6.45, 7) is 2.03. The minimum Gasteiger partial charge on any atom is -0.264 e. The molecule has 3 heteroatoms. The zero-order valence-corrected chi connectivity index (χ0v) is 17.8. The Labute approximate surface area is 187 Å². The van der Waals surface area contributed by atoms with Gasteiger partial charge in [0.1, 0.15) is 0 Å². The van der Waals surface area contributed by atoms with Crippen molar-refractivity contribution in [2.24, 2.45) is 0 Å². The Morgan fingerprint density at radius 1 is 0.625 bits per heavy atom. The molecule has 0 fully saturated rings. The average Bonchev–Trinajstić information content (AvgIpc) is 3.22. The average molecular weight is 412 g/mol. The van der Waals surface area contributed by atoms with Gasteiger partial charge < -0.3 is 0 Å². The van der Waals surface area contributed by atoms with Gasteiger partial charge in [0.15, 0.2) is 5.82 Å². The maximum absolute atomic E-state index is 4.93. The number of benzene rings is 3. The van der Waals surface area contributed by atoms with Crippen LogP contribution in [0.15, 0.2) is 97.3 Å². The lowest BCUT2D eigenvalue weighted by molar-refractivity contribution is 1.11. The fraction of sp³-hybridized carbons (Fsp3) is 0.0690. The molecule has 3 aromatic carbocycles. The first kappa shape index (κ1) is 18.6. The van der Waals surface area contributed by atoms with Crippen molar-refractivity contribution in [3.8, 4) is 44.9 Å². The summed E-state index contributed by atoms with van der Waals surface area (Å²) in [4.78, 5) is 13.9. The molecule has 0 radical (unpaired) electrons. The van der Waals surface area contributed by atoms with E-state index in [9.17, 15) is 0 Å². The molecule has 3 nitrogen and oxygen atoms in total. The molecule has 6 rings (SSSR count). The maximum atomic E-state index is 4.93. The SMILES string of the molecule is Cc1cc(-c2ccc(-c3cccnc3)cc2)nc(-c2ccc3c(c2)Cc2ccccc2-3)n1. The number of aryl methyl sites for hydroxylation is 1. The van der Waals surface area contributed by atoms with E-state index >= 15 is 0 Å². The van der Waals surface area contributed by atoms with Gasteiger partial charge in [-0.3, -0.25) is 4.98 Å². The van der Waals surface area contributed by atoms with Crippen LogP contribution in [0.2, 0.25) is 0 Å². The topological polar surface area (TPSA) is 38.7 Å². The van der Waals surface area contributed by atoms with Gasteiger partial charge in [0.25, 0.3) is 0 Å². The number of aromatic nitrogens is 3. The Balaban J connectivity index is 1.36. The normalized spacial score (nSPS) is 11.8. The van der Waals surface area contributed by atoms with Gasteiger partial charge in [-0.15, -0.1) is 0 Å². The molecular weight excluding hydrogens is 390 g/mol. The summed E-state index contributed by atoms with van der Waals surface area (Å²) in [5.41, 5.74) is 11.7. The van der Waals surface area contributed by atoms with Crippen molar-refractivity contribution >= 4 is 0 Å². The second-order valence-corrected chi connectivity index (χ2v) is 8.24. The molecule has 0 aliphatic heterocycles. The predicted octanol–water partition coefficient (Wildman–Crippen LogP) is 6.75. The van der Waals surface area contributed by atoms with Crippen LogP contribution >= 0.6 is 0 Å². The van der Waals surface area contributed by atoms with Gasteiger partial charge in [0, 0.05) is 29.2 Å². The molecule has 0 saturated heterocycles. The summed E-state index contributed by atoms with van der Waals surface area (Å²) < 4.78 is 0. The van der Waals surface area contributed by atoms with E-state index in [2.05, 4.69) is 77.8 Å². The third-order valence-corrected chi connectivity index (χ3v) is 6.08. The first-order valence-corrected chi connectivity index (χ1v) is 10.8. The van der Waals surface area contributed by atoms with Crippen molar-refractivity contribution in [3.05, 3.63) is 114 Å². The quantitative estimate of drug-likeness (QED) is 0.323. The molecule has 0 atom stereocenters. The molecule has 1 aliphatic rings. The van der Waals surface area contributed by atoms with Crippen LogP contribution in [-0.4, -0.2) is 15.0 Å². The lowest BCUT2D eigenvalue weighted by Gasteiger charge is -2.09. The molecule has 2 aromatic heterocycles. The minimum absolute atomic E-state index is 0.773. The van der Waals surface area contributed by atoms with Gasteiger partial charge in [0.2, 0.25) is 0 Å². The molecule has 0 bridgehead atoms. The first-order valence-electron chi connectivity index (χ1n) is 10.8. The maximum Gasteiger partial charge on any atom is 0.160 e. The molecule has 5 aromatic rings. The molecule has 152 valence electrons. The zero-order chi connectivity index (χ0) is 21.5. The van der Waals surface area contributed by atoms with Gasteiger partial charge in [-0.1, -0.05) is 66.7 Å². The van der Waals surface area contributed by atoms with Crippen LogP contribution in [0, 0.1) is 6.92 Å². The van der Waals surface area contributed by atoms with Crippen molar-refractivity contribution in [2.45, 2.75) is 13.3 Å². The highest BCUT2D eigenvalue weighted by atomic mass is 14.9. The summed E-state index contributed by atoms with van der Waals surface area (Å²) in [5, 5.41) is 0. The van der Waals surface area contributed by atoms with Crippen molar-refractivity contribution in [1.82, 2.24) is 15.0 Å². The van der Waals surface area contributed by atoms with Crippen LogP contribution in [0.1, 0.15) is 16.8 Å². The zero-order valence-electron chi connectivity index (χ0n) is 17.8. The number of nitrogens with zero attached hydrogens (tertiary/aromatic N) is 3. The first-order chi connectivity index (χ1) is 15.7. The number of rotatable bonds is 3. The van der Waals surface area contributed by atoms with Crippen molar-refractivity contribution in [1.29, 1.82) is 0 Å². The van der Waals surface area contributed by atoms with Gasteiger partial charge in [0.05, 0.1) is 5.69 Å². The van der Waals surface area contributed by atoms with Crippen LogP contribution in [0.25, 0.3) is 44.9 Å². The largest absolute Gasteiger partial charge is 0.264 e. The van der Waals surface area contributed by atoms with E-state index < -0.39 is 0 Å². The highest BCUT2D eigenvalue weighted by Gasteiger charge is 2.19. The third-order valence-electron chi connectivity index (χ3n) is 6.08. The van der Waals surface area contributed by atoms with Crippen LogP contribution in [-0.2, 0) is 6.42 Å². The fourth-order valence-corrected chi connectivity index (χ4v) is 4.50. The summed E-state index contributed by atoms with van der Waals surface area (Å²) in [6.07, 6.45) is 4.64. The molecule has 0 unspecified atom stereocenters. The Kier molecular flexibility index (Phi) is 4.39. The number of hydrogen-bond donors (Lipinski definition) is 0. The summed E-state index contributed by atoms with van der Waals surface area (Å²) in [6, 6.07) is 29.8. The van der Waals surface area contributed by atoms with Crippen LogP contribution in [0.4, 0.5) is 0 Å². The highest BCUT2D eigenvalue weighted by molar-refractivity contribution is 5.79. The van der Waals surface area contributed by atoms with E-state index in [0.29, 0.717) is 0 Å². The fourth-order valence-electron chi connectivity index (χ4n) is 4.50. The Bertz CT molecular complexity index is 1440. The van der Waals surface area contributed by atoms with E-state index in [-0.39, 0.29) is 0 Å². The number of pyridine rings is 1. The van der Waals surface area contributed by atoms with E-state index in [1.54, 1.807) is 6.20 Å². The molecule has 1 aliphatic carbocycles. The number of hydrogen-bond acceptors (Lipinski definition) is 3. The lowest BCUT2D eigenvalue weighted by Crippen LogP contribution is -1.96. The monoisotopic (exact) mass is 411 g/mol. The van der Waals surface area contributed by atoms with Gasteiger partial charge in [-0.2, -0.15) is 0 Å². The van der Waals surface area contributed by atoms with Crippen molar-refractivity contribution < 1.29 is 0 Å². The van der Waals surface area contributed by atoms with Crippen LogP contribution < -0.4 is 0 Å². The smallest absolute Gasteiger partial charge is 0.160 e. The van der Waals surface area contributed by atoms with E-state index in [1.807, 2.05) is 25.3 Å². The Hall–Kier alpha value is -4.11. The minimum atomic E-state index is 0.773. The van der Waals surface area contributed by atoms with Crippen molar-refractivity contribution in [3.63, 3.8) is 0 Å². The van der Waals surface area contributed by atoms with Gasteiger partial charge in [-0.05, 0) is 64.9 Å². The Morgan fingerprint density at radius 3 is 2.25 bits per heavy atom. The van der Waals surface area contributed by atoms with Crippen molar-refractivity contribution in [2.75, 3.05) is 0 Å². The second-order valence-electron chi connectivity index (χ2n) is 8.24. The second kappa shape index (κ2) is 7.54. The molecule has 0 N–H and O–H groups in total. The van der Waals surface area contributed by atoms with E-state index in [1.165, 1.54) is 22.3 Å². The molecular formula is C29H21N3. The number of fused-ring (bicyclic) bond motifs is 3. The molecule has 0 saturated carbocycles. The summed E-state index contributed by atoms with van der Waals surface area (Å²) in [7, 11) is 0. The van der Waals surface area contributed by atoms with E-state index in [0.717, 1.165) is 45.9 Å². The van der Waals surface area contributed by atoms with E-state index in [4.69, 9.17) is 9.97 Å². The standard InChI is InChI=1S/C29H21N3/c1-19-15-28(21-10-8-20(9-11-21)24-6-4-14-30-18-24)32-29(31-19)23-12-13-27-25(17-23)16-22-5-2-3-7-26(22)27/h2-15,17-18H,16H2,1H3. The Morgan fingerprint density at radius 2 is 1.41 bits per heavy atom. The van der Waals surface area contributed by atoms with Gasteiger partial charge in [-0.25, -0.2) is 9.97 Å². The molecule has 0 spiro atoms. The molecule has 0 amide bonds.